The lowest BCUT2D eigenvalue weighted by Gasteiger charge is -2.35. The van der Waals surface area contributed by atoms with E-state index in [4.69, 9.17) is 0 Å². The van der Waals surface area contributed by atoms with Crippen molar-refractivity contribution in [3.05, 3.63) is 23.8 Å². The van der Waals surface area contributed by atoms with Crippen LogP contribution in [0.3, 0.4) is 0 Å². The van der Waals surface area contributed by atoms with E-state index in [1.54, 1.807) is 0 Å². The van der Waals surface area contributed by atoms with Gasteiger partial charge < -0.3 is 5.32 Å². The molecule has 136 valence electrons. The van der Waals surface area contributed by atoms with Crippen molar-refractivity contribution in [1.29, 1.82) is 0 Å². The maximum absolute atomic E-state index is 12.7. The number of nitrogens with one attached hydrogen (secondary N) is 1. The van der Waals surface area contributed by atoms with E-state index in [0.717, 1.165) is 24.7 Å². The molecule has 1 amide bonds. The van der Waals surface area contributed by atoms with Gasteiger partial charge in [-0.25, -0.2) is 4.98 Å². The molecule has 25 heavy (non-hydrogen) atoms. The first-order valence-electron chi connectivity index (χ1n) is 9.18. The topological polar surface area (TPSA) is 75.4 Å². The Labute approximate surface area is 148 Å². The predicted molar refractivity (Wildman–Crippen MR) is 96.6 cm³/mol. The van der Waals surface area contributed by atoms with E-state index in [9.17, 15) is 4.79 Å². The van der Waals surface area contributed by atoms with Crippen LogP contribution in [-0.2, 0) is 0 Å². The van der Waals surface area contributed by atoms with Crippen LogP contribution in [0.2, 0.25) is 0 Å². The van der Waals surface area contributed by atoms with E-state index < -0.39 is 0 Å². The molecule has 0 bridgehead atoms. The standard InChI is InChI=1S/C18H28N6O/c1-12(2)15-9-16(24-18(22-15)20-11-21-24)17(25)19-10-14(4)23-7-5-13(3)6-8-23/h9,11-14H,5-8,10H2,1-4H3,(H,19,25). The van der Waals surface area contributed by atoms with E-state index in [1.165, 1.54) is 23.7 Å². The molecule has 0 saturated carbocycles. The van der Waals surface area contributed by atoms with Crippen molar-refractivity contribution in [3.63, 3.8) is 0 Å². The van der Waals surface area contributed by atoms with Gasteiger partial charge in [-0.2, -0.15) is 14.6 Å². The van der Waals surface area contributed by atoms with Crippen molar-refractivity contribution in [1.82, 2.24) is 29.8 Å². The molecular formula is C18H28N6O. The Balaban J connectivity index is 1.69. The Bertz CT molecular complexity index is 732. The second-order valence-corrected chi connectivity index (χ2v) is 7.47. The normalized spacial score (nSPS) is 18.0. The number of amides is 1. The summed E-state index contributed by atoms with van der Waals surface area (Å²) in [6, 6.07) is 2.14. The second-order valence-electron chi connectivity index (χ2n) is 7.47. The van der Waals surface area contributed by atoms with Crippen molar-refractivity contribution < 1.29 is 4.79 Å². The van der Waals surface area contributed by atoms with Crippen LogP contribution in [-0.4, -0.2) is 56.1 Å². The van der Waals surface area contributed by atoms with Crippen molar-refractivity contribution >= 4 is 11.7 Å². The third kappa shape index (κ3) is 3.98. The van der Waals surface area contributed by atoms with Gasteiger partial charge in [-0.05, 0) is 50.8 Å². The van der Waals surface area contributed by atoms with Gasteiger partial charge >= 0.3 is 0 Å². The number of rotatable bonds is 5. The van der Waals surface area contributed by atoms with Gasteiger partial charge in [-0.1, -0.05) is 20.8 Å². The first kappa shape index (κ1) is 17.8. The van der Waals surface area contributed by atoms with E-state index in [1.807, 2.05) is 6.07 Å². The lowest BCUT2D eigenvalue weighted by molar-refractivity contribution is 0.0914. The number of nitrogens with zero attached hydrogens (tertiary/aromatic N) is 5. The average molecular weight is 344 g/mol. The maximum Gasteiger partial charge on any atom is 0.270 e. The highest BCUT2D eigenvalue weighted by molar-refractivity contribution is 5.93. The summed E-state index contributed by atoms with van der Waals surface area (Å²) in [7, 11) is 0. The molecular weight excluding hydrogens is 316 g/mol. The predicted octanol–water partition coefficient (Wildman–Crippen LogP) is 2.10. The summed E-state index contributed by atoms with van der Waals surface area (Å²) < 4.78 is 1.51. The van der Waals surface area contributed by atoms with Crippen molar-refractivity contribution in [3.8, 4) is 0 Å². The number of aromatic nitrogens is 4. The van der Waals surface area contributed by atoms with Gasteiger partial charge in [0.05, 0.1) is 0 Å². The third-order valence-corrected chi connectivity index (χ3v) is 5.10. The van der Waals surface area contributed by atoms with Crippen LogP contribution in [0.15, 0.2) is 12.4 Å². The number of likely N-dealkylation sites (tertiary alicyclic amines) is 1. The highest BCUT2D eigenvalue weighted by Gasteiger charge is 2.22. The molecule has 3 rings (SSSR count). The van der Waals surface area contributed by atoms with Gasteiger partial charge in [0.25, 0.3) is 11.7 Å². The molecule has 1 N–H and O–H groups in total. The molecule has 0 spiro atoms. The smallest absolute Gasteiger partial charge is 0.270 e. The minimum Gasteiger partial charge on any atom is -0.349 e. The summed E-state index contributed by atoms with van der Waals surface area (Å²) in [6.45, 7) is 11.4. The van der Waals surface area contributed by atoms with Crippen LogP contribution in [0.4, 0.5) is 0 Å². The largest absolute Gasteiger partial charge is 0.349 e. The van der Waals surface area contributed by atoms with Crippen molar-refractivity contribution in [2.24, 2.45) is 5.92 Å². The first-order chi connectivity index (χ1) is 12.0. The average Bonchev–Trinajstić information content (AvgIpc) is 3.07. The monoisotopic (exact) mass is 344 g/mol. The molecule has 1 fully saturated rings. The number of hydrogen-bond donors (Lipinski definition) is 1. The summed E-state index contributed by atoms with van der Waals surface area (Å²) in [6.07, 6.45) is 3.90. The molecule has 1 unspecified atom stereocenters. The fourth-order valence-corrected chi connectivity index (χ4v) is 3.22. The van der Waals surface area contributed by atoms with Crippen LogP contribution < -0.4 is 5.32 Å². The first-order valence-corrected chi connectivity index (χ1v) is 9.18. The zero-order valence-corrected chi connectivity index (χ0v) is 15.6. The van der Waals surface area contributed by atoms with Crippen molar-refractivity contribution in [2.45, 2.75) is 52.5 Å². The molecule has 2 aromatic heterocycles. The minimum atomic E-state index is -0.128. The summed E-state index contributed by atoms with van der Waals surface area (Å²) in [5.41, 5.74) is 1.34. The summed E-state index contributed by atoms with van der Waals surface area (Å²) in [5, 5.41) is 7.20. The molecule has 7 nitrogen and oxygen atoms in total. The number of fused-ring (bicyclic) bond motifs is 1. The molecule has 3 heterocycles. The molecule has 1 saturated heterocycles. The van der Waals surface area contributed by atoms with Gasteiger partial charge in [0.2, 0.25) is 0 Å². The van der Waals surface area contributed by atoms with Crippen LogP contribution in [0.25, 0.3) is 5.78 Å². The zero-order valence-electron chi connectivity index (χ0n) is 15.6. The van der Waals surface area contributed by atoms with Gasteiger partial charge in [0.1, 0.15) is 12.0 Å². The quantitative estimate of drug-likeness (QED) is 0.899. The lowest BCUT2D eigenvalue weighted by Crippen LogP contribution is -2.45. The molecule has 1 aliphatic rings. The van der Waals surface area contributed by atoms with Crippen LogP contribution in [0.5, 0.6) is 0 Å². The van der Waals surface area contributed by atoms with Gasteiger partial charge in [-0.3, -0.25) is 9.69 Å². The molecule has 0 aromatic carbocycles. The molecule has 1 aliphatic heterocycles. The van der Waals surface area contributed by atoms with Crippen LogP contribution in [0.1, 0.15) is 62.6 Å². The Kier molecular flexibility index (Phi) is 5.32. The van der Waals surface area contributed by atoms with Gasteiger partial charge in [-0.15, -0.1) is 0 Å². The summed E-state index contributed by atoms with van der Waals surface area (Å²) >= 11 is 0. The van der Waals surface area contributed by atoms with E-state index in [-0.39, 0.29) is 11.8 Å². The number of carbonyl (C=O) groups excluding carboxylic acids is 1. The highest BCUT2D eigenvalue weighted by atomic mass is 16.2. The van der Waals surface area contributed by atoms with E-state index >= 15 is 0 Å². The van der Waals surface area contributed by atoms with E-state index in [2.05, 4.69) is 53.0 Å². The highest BCUT2D eigenvalue weighted by Crippen LogP contribution is 2.18. The summed E-state index contributed by atoms with van der Waals surface area (Å²) in [4.78, 5) is 23.8. The molecule has 7 heteroatoms. The molecule has 2 aromatic rings. The third-order valence-electron chi connectivity index (χ3n) is 5.10. The Morgan fingerprint density at radius 2 is 2.04 bits per heavy atom. The maximum atomic E-state index is 12.7. The van der Waals surface area contributed by atoms with Crippen molar-refractivity contribution in [2.75, 3.05) is 19.6 Å². The van der Waals surface area contributed by atoms with Gasteiger partial charge in [0, 0.05) is 18.3 Å². The van der Waals surface area contributed by atoms with Crippen LogP contribution in [0, 0.1) is 5.92 Å². The van der Waals surface area contributed by atoms with Gasteiger partial charge in [0.15, 0.2) is 0 Å². The number of carbonyl (C=O) groups is 1. The number of piperidine rings is 1. The molecule has 1 atom stereocenters. The zero-order chi connectivity index (χ0) is 18.0. The lowest BCUT2D eigenvalue weighted by atomic mass is 9.98. The number of hydrogen-bond acceptors (Lipinski definition) is 5. The summed E-state index contributed by atoms with van der Waals surface area (Å²) in [5.74, 6) is 1.37. The Morgan fingerprint density at radius 1 is 1.32 bits per heavy atom. The fourth-order valence-electron chi connectivity index (χ4n) is 3.22. The SMILES string of the molecule is CC1CCN(C(C)CNC(=O)c2cc(C(C)C)nc3ncnn23)CC1. The Hall–Kier alpha value is -2.02. The molecule has 0 radical (unpaired) electrons. The van der Waals surface area contributed by atoms with Crippen LogP contribution >= 0.6 is 0 Å². The minimum absolute atomic E-state index is 0.128. The second kappa shape index (κ2) is 7.47. The van der Waals surface area contributed by atoms with E-state index in [0.29, 0.717) is 24.1 Å². The Morgan fingerprint density at radius 3 is 2.72 bits per heavy atom. The molecule has 0 aliphatic carbocycles. The fraction of sp³-hybridized carbons (Fsp3) is 0.667.